The summed E-state index contributed by atoms with van der Waals surface area (Å²) in [7, 11) is 1.62. The molecule has 1 heterocycles. The van der Waals surface area contributed by atoms with Crippen molar-refractivity contribution in [3.8, 4) is 11.5 Å². The lowest BCUT2D eigenvalue weighted by Gasteiger charge is -2.07. The molecule has 0 aliphatic carbocycles. The van der Waals surface area contributed by atoms with Crippen LogP contribution < -0.4 is 14.8 Å². The predicted molar refractivity (Wildman–Crippen MR) is 106 cm³/mol. The SMILES string of the molecule is COc1ccc(CCC(=O)Oc2ccc(NC(=O)c3cccs3)cc2)cc1. The van der Waals surface area contributed by atoms with Crippen molar-refractivity contribution in [3.63, 3.8) is 0 Å². The van der Waals surface area contributed by atoms with E-state index in [0.29, 0.717) is 22.7 Å². The third kappa shape index (κ3) is 5.43. The first kappa shape index (κ1) is 18.7. The maximum absolute atomic E-state index is 12.0. The average Bonchev–Trinajstić information content (AvgIpc) is 3.23. The summed E-state index contributed by atoms with van der Waals surface area (Å²) in [5, 5.41) is 4.65. The summed E-state index contributed by atoms with van der Waals surface area (Å²) in [6, 6.07) is 17.9. The van der Waals surface area contributed by atoms with Crippen molar-refractivity contribution in [2.45, 2.75) is 12.8 Å². The van der Waals surface area contributed by atoms with Gasteiger partial charge in [-0.25, -0.2) is 0 Å². The van der Waals surface area contributed by atoms with Crippen LogP contribution in [0.1, 0.15) is 21.7 Å². The average molecular weight is 381 g/mol. The number of carbonyl (C=O) groups is 2. The van der Waals surface area contributed by atoms with Crippen LogP contribution in [0.15, 0.2) is 66.0 Å². The molecule has 2 aromatic carbocycles. The molecule has 3 aromatic rings. The molecule has 138 valence electrons. The molecule has 0 aliphatic heterocycles. The van der Waals surface area contributed by atoms with Gasteiger partial charge in [0.15, 0.2) is 0 Å². The minimum absolute atomic E-state index is 0.158. The van der Waals surface area contributed by atoms with Gasteiger partial charge in [0.1, 0.15) is 11.5 Å². The lowest BCUT2D eigenvalue weighted by atomic mass is 10.1. The summed E-state index contributed by atoms with van der Waals surface area (Å²) in [6.45, 7) is 0. The fourth-order valence-electron chi connectivity index (χ4n) is 2.43. The van der Waals surface area contributed by atoms with E-state index in [1.54, 1.807) is 37.4 Å². The van der Waals surface area contributed by atoms with Crippen LogP contribution in [0.25, 0.3) is 0 Å². The molecule has 0 radical (unpaired) electrons. The zero-order valence-corrected chi connectivity index (χ0v) is 15.6. The molecule has 0 saturated carbocycles. The van der Waals surface area contributed by atoms with Crippen LogP contribution in [0.5, 0.6) is 11.5 Å². The van der Waals surface area contributed by atoms with Gasteiger partial charge >= 0.3 is 5.97 Å². The molecule has 1 N–H and O–H groups in total. The normalized spacial score (nSPS) is 10.3. The molecule has 3 rings (SSSR count). The van der Waals surface area contributed by atoms with Crippen LogP contribution in [0, 0.1) is 0 Å². The number of ether oxygens (including phenoxy) is 2. The number of nitrogens with one attached hydrogen (secondary N) is 1. The second-order valence-electron chi connectivity index (χ2n) is 5.78. The number of aryl methyl sites for hydroxylation is 1. The molecule has 5 nitrogen and oxygen atoms in total. The van der Waals surface area contributed by atoms with Crippen molar-refractivity contribution in [1.29, 1.82) is 0 Å². The monoisotopic (exact) mass is 381 g/mol. The molecule has 0 aliphatic rings. The maximum Gasteiger partial charge on any atom is 0.311 e. The number of hydrogen-bond acceptors (Lipinski definition) is 5. The van der Waals surface area contributed by atoms with Gasteiger partial charge in [-0.05, 0) is 59.8 Å². The Hall–Kier alpha value is -3.12. The zero-order valence-electron chi connectivity index (χ0n) is 14.8. The number of amides is 1. The van der Waals surface area contributed by atoms with Crippen molar-refractivity contribution in [3.05, 3.63) is 76.5 Å². The minimum atomic E-state index is -0.304. The van der Waals surface area contributed by atoms with E-state index in [2.05, 4.69) is 5.32 Å². The van der Waals surface area contributed by atoms with Gasteiger partial charge in [-0.2, -0.15) is 0 Å². The van der Waals surface area contributed by atoms with Crippen LogP contribution in [-0.4, -0.2) is 19.0 Å². The van der Waals surface area contributed by atoms with Crippen LogP contribution >= 0.6 is 11.3 Å². The molecule has 27 heavy (non-hydrogen) atoms. The number of thiophene rings is 1. The highest BCUT2D eigenvalue weighted by Crippen LogP contribution is 2.19. The predicted octanol–water partition coefficient (Wildman–Crippen LogP) is 4.55. The summed E-state index contributed by atoms with van der Waals surface area (Å²) in [4.78, 5) is 24.7. The van der Waals surface area contributed by atoms with Gasteiger partial charge in [-0.3, -0.25) is 9.59 Å². The fourth-order valence-corrected chi connectivity index (χ4v) is 3.05. The van der Waals surface area contributed by atoms with Crippen LogP contribution in [0.3, 0.4) is 0 Å². The number of esters is 1. The minimum Gasteiger partial charge on any atom is -0.497 e. The third-order valence-electron chi connectivity index (χ3n) is 3.87. The molecule has 0 unspecified atom stereocenters. The summed E-state index contributed by atoms with van der Waals surface area (Å²) in [5.41, 5.74) is 1.69. The first-order valence-electron chi connectivity index (χ1n) is 8.42. The number of carbonyl (C=O) groups excluding carboxylic acids is 2. The van der Waals surface area contributed by atoms with Gasteiger partial charge in [0, 0.05) is 12.1 Å². The molecule has 1 amide bonds. The molecule has 6 heteroatoms. The van der Waals surface area contributed by atoms with Gasteiger partial charge in [-0.15, -0.1) is 11.3 Å². The highest BCUT2D eigenvalue weighted by atomic mass is 32.1. The van der Waals surface area contributed by atoms with Crippen LogP contribution in [0.2, 0.25) is 0 Å². The van der Waals surface area contributed by atoms with Crippen molar-refractivity contribution in [2.75, 3.05) is 12.4 Å². The van der Waals surface area contributed by atoms with Gasteiger partial charge in [0.25, 0.3) is 5.91 Å². The maximum atomic E-state index is 12.0. The Bertz CT molecular complexity index is 887. The van der Waals surface area contributed by atoms with Crippen molar-refractivity contribution >= 4 is 28.9 Å². The highest BCUT2D eigenvalue weighted by molar-refractivity contribution is 7.12. The largest absolute Gasteiger partial charge is 0.497 e. The van der Waals surface area contributed by atoms with Gasteiger partial charge in [0.2, 0.25) is 0 Å². The second kappa shape index (κ2) is 9.00. The Morgan fingerprint density at radius 3 is 2.30 bits per heavy atom. The number of methoxy groups -OCH3 is 1. The van der Waals surface area contributed by atoms with Crippen molar-refractivity contribution < 1.29 is 19.1 Å². The zero-order chi connectivity index (χ0) is 19.1. The Kier molecular flexibility index (Phi) is 6.22. The Morgan fingerprint density at radius 1 is 0.963 bits per heavy atom. The summed E-state index contributed by atoms with van der Waals surface area (Å²) in [6.07, 6.45) is 0.876. The molecule has 0 saturated heterocycles. The molecule has 0 bridgehead atoms. The number of rotatable bonds is 7. The van der Waals surface area contributed by atoms with Gasteiger partial charge < -0.3 is 14.8 Å². The summed E-state index contributed by atoms with van der Waals surface area (Å²) in [5.74, 6) is 0.770. The Morgan fingerprint density at radius 2 is 1.67 bits per heavy atom. The van der Waals surface area contributed by atoms with E-state index in [-0.39, 0.29) is 18.3 Å². The Balaban J connectivity index is 1.48. The molecular weight excluding hydrogens is 362 g/mol. The van der Waals surface area contributed by atoms with Crippen LogP contribution in [-0.2, 0) is 11.2 Å². The highest BCUT2D eigenvalue weighted by Gasteiger charge is 2.08. The quantitative estimate of drug-likeness (QED) is 0.482. The number of benzene rings is 2. The van der Waals surface area contributed by atoms with E-state index in [1.165, 1.54) is 11.3 Å². The van der Waals surface area contributed by atoms with E-state index >= 15 is 0 Å². The summed E-state index contributed by atoms with van der Waals surface area (Å²) < 4.78 is 10.5. The van der Waals surface area contributed by atoms with Gasteiger partial charge in [-0.1, -0.05) is 18.2 Å². The topological polar surface area (TPSA) is 64.6 Å². The number of hydrogen-bond donors (Lipinski definition) is 1. The molecular formula is C21H19NO4S. The first-order valence-corrected chi connectivity index (χ1v) is 9.30. The van der Waals surface area contributed by atoms with Crippen LogP contribution in [0.4, 0.5) is 5.69 Å². The first-order chi connectivity index (χ1) is 13.1. The smallest absolute Gasteiger partial charge is 0.311 e. The van der Waals surface area contributed by atoms with E-state index in [9.17, 15) is 9.59 Å². The van der Waals surface area contributed by atoms with E-state index < -0.39 is 0 Å². The van der Waals surface area contributed by atoms with E-state index in [1.807, 2.05) is 35.7 Å². The summed E-state index contributed by atoms with van der Waals surface area (Å²) >= 11 is 1.38. The molecule has 0 fully saturated rings. The standard InChI is InChI=1S/C21H19NO4S/c1-25-17-9-4-15(5-10-17)6-13-20(23)26-18-11-7-16(8-12-18)22-21(24)19-3-2-14-27-19/h2-5,7-12,14H,6,13H2,1H3,(H,22,24). The molecule has 0 atom stereocenters. The van der Waals surface area contributed by atoms with E-state index in [0.717, 1.165) is 11.3 Å². The lowest BCUT2D eigenvalue weighted by Crippen LogP contribution is -2.11. The van der Waals surface area contributed by atoms with Gasteiger partial charge in [0.05, 0.1) is 12.0 Å². The molecule has 1 aromatic heterocycles. The second-order valence-corrected chi connectivity index (χ2v) is 6.73. The Labute approximate surface area is 161 Å². The fraction of sp³-hybridized carbons (Fsp3) is 0.143. The number of anilines is 1. The third-order valence-corrected chi connectivity index (χ3v) is 4.73. The van der Waals surface area contributed by atoms with Crippen molar-refractivity contribution in [2.24, 2.45) is 0 Å². The van der Waals surface area contributed by atoms with Crippen molar-refractivity contribution in [1.82, 2.24) is 0 Å². The molecule has 0 spiro atoms. The lowest BCUT2D eigenvalue weighted by molar-refractivity contribution is -0.134. The van der Waals surface area contributed by atoms with E-state index in [4.69, 9.17) is 9.47 Å².